The van der Waals surface area contributed by atoms with E-state index in [2.05, 4.69) is 31.3 Å². The third-order valence-electron chi connectivity index (χ3n) is 4.04. The Balaban J connectivity index is 1.88. The lowest BCUT2D eigenvalue weighted by molar-refractivity contribution is -0.123. The van der Waals surface area contributed by atoms with Crippen LogP contribution in [0.5, 0.6) is 5.75 Å². The molecule has 0 saturated carbocycles. The van der Waals surface area contributed by atoms with E-state index in [4.69, 9.17) is 4.74 Å². The number of ketones is 1. The van der Waals surface area contributed by atoms with Gasteiger partial charge in [-0.1, -0.05) is 18.2 Å². The van der Waals surface area contributed by atoms with Gasteiger partial charge in [0.25, 0.3) is 5.91 Å². The van der Waals surface area contributed by atoms with Gasteiger partial charge in [0, 0.05) is 5.56 Å². The van der Waals surface area contributed by atoms with E-state index in [1.165, 1.54) is 18.1 Å². The van der Waals surface area contributed by atoms with Gasteiger partial charge in [0.1, 0.15) is 5.75 Å². The predicted octanol–water partition coefficient (Wildman–Crippen LogP) is 3.76. The maximum absolute atomic E-state index is 12.0. The monoisotopic (exact) mass is 325 g/mol. The largest absolute Gasteiger partial charge is 0.484 e. The molecule has 2 rings (SSSR count). The minimum atomic E-state index is -0.184. The molecule has 0 heterocycles. The molecule has 0 aliphatic heterocycles. The van der Waals surface area contributed by atoms with E-state index in [0.717, 1.165) is 5.56 Å². The molecule has 1 atom stereocenters. The molecule has 4 heteroatoms. The van der Waals surface area contributed by atoms with Crippen molar-refractivity contribution in [3.63, 3.8) is 0 Å². The SMILES string of the molecule is CC(=O)c1ccc(OCC(=O)N[C@H](C)c2ccc(C)c(C)c2)cc1. The van der Waals surface area contributed by atoms with Crippen molar-refractivity contribution in [2.24, 2.45) is 0 Å². The fourth-order valence-corrected chi connectivity index (χ4v) is 2.34. The maximum atomic E-state index is 12.0. The first-order chi connectivity index (χ1) is 11.4. The fourth-order valence-electron chi connectivity index (χ4n) is 2.34. The van der Waals surface area contributed by atoms with Crippen LogP contribution in [0.25, 0.3) is 0 Å². The standard InChI is InChI=1S/C20H23NO3/c1-13-5-6-18(11-14(13)2)15(3)21-20(23)12-24-19-9-7-17(8-10-19)16(4)22/h5-11,15H,12H2,1-4H3,(H,21,23)/t15-/m1/s1. The molecule has 4 nitrogen and oxygen atoms in total. The highest BCUT2D eigenvalue weighted by Crippen LogP contribution is 2.17. The van der Waals surface area contributed by atoms with Crippen molar-refractivity contribution in [2.45, 2.75) is 33.7 Å². The summed E-state index contributed by atoms with van der Waals surface area (Å²) < 4.78 is 5.46. The van der Waals surface area contributed by atoms with E-state index in [9.17, 15) is 9.59 Å². The second kappa shape index (κ2) is 7.77. The lowest BCUT2D eigenvalue weighted by Gasteiger charge is -2.16. The van der Waals surface area contributed by atoms with Crippen molar-refractivity contribution in [3.05, 3.63) is 64.7 Å². The highest BCUT2D eigenvalue weighted by molar-refractivity contribution is 5.94. The Morgan fingerprint density at radius 3 is 2.29 bits per heavy atom. The molecule has 0 fully saturated rings. The summed E-state index contributed by atoms with van der Waals surface area (Å²) in [5, 5.41) is 2.92. The van der Waals surface area contributed by atoms with Gasteiger partial charge in [0.2, 0.25) is 0 Å². The Hall–Kier alpha value is -2.62. The summed E-state index contributed by atoms with van der Waals surface area (Å²) in [6.45, 7) is 7.52. The molecule has 0 aliphatic rings. The molecule has 2 aromatic carbocycles. The Kier molecular flexibility index (Phi) is 5.74. The minimum absolute atomic E-state index is 0.00140. The quantitative estimate of drug-likeness (QED) is 0.823. The number of ether oxygens (including phenoxy) is 1. The number of amides is 1. The summed E-state index contributed by atoms with van der Waals surface area (Å²) in [4.78, 5) is 23.3. The zero-order chi connectivity index (χ0) is 17.7. The van der Waals surface area contributed by atoms with Crippen molar-refractivity contribution < 1.29 is 14.3 Å². The number of hydrogen-bond donors (Lipinski definition) is 1. The van der Waals surface area contributed by atoms with E-state index < -0.39 is 0 Å². The molecule has 0 saturated heterocycles. The summed E-state index contributed by atoms with van der Waals surface area (Å²) in [6.07, 6.45) is 0. The van der Waals surface area contributed by atoms with E-state index in [1.807, 2.05) is 13.0 Å². The minimum Gasteiger partial charge on any atom is -0.484 e. The van der Waals surface area contributed by atoms with Gasteiger partial charge in [-0.25, -0.2) is 0 Å². The summed E-state index contributed by atoms with van der Waals surface area (Å²) in [5.41, 5.74) is 4.12. The van der Waals surface area contributed by atoms with Crippen LogP contribution in [0, 0.1) is 13.8 Å². The molecule has 1 N–H and O–H groups in total. The predicted molar refractivity (Wildman–Crippen MR) is 94.4 cm³/mol. The number of benzene rings is 2. The second-order valence-corrected chi connectivity index (χ2v) is 6.00. The van der Waals surface area contributed by atoms with Crippen molar-refractivity contribution in [3.8, 4) is 5.75 Å². The number of nitrogens with one attached hydrogen (secondary N) is 1. The Labute approximate surface area is 142 Å². The van der Waals surface area contributed by atoms with E-state index >= 15 is 0 Å². The third-order valence-corrected chi connectivity index (χ3v) is 4.04. The van der Waals surface area contributed by atoms with Gasteiger partial charge in [-0.2, -0.15) is 0 Å². The Morgan fingerprint density at radius 1 is 1.04 bits per heavy atom. The Morgan fingerprint density at radius 2 is 1.71 bits per heavy atom. The van der Waals surface area contributed by atoms with Crippen molar-refractivity contribution in [2.75, 3.05) is 6.61 Å². The van der Waals surface area contributed by atoms with Gasteiger partial charge in [-0.05, 0) is 68.7 Å². The zero-order valence-corrected chi connectivity index (χ0v) is 14.6. The maximum Gasteiger partial charge on any atom is 0.258 e. The summed E-state index contributed by atoms with van der Waals surface area (Å²) in [5.74, 6) is 0.381. The van der Waals surface area contributed by atoms with Crippen LogP contribution in [0.2, 0.25) is 0 Å². The first-order valence-corrected chi connectivity index (χ1v) is 7.97. The van der Waals surface area contributed by atoms with Gasteiger partial charge < -0.3 is 10.1 Å². The van der Waals surface area contributed by atoms with Crippen LogP contribution in [0.15, 0.2) is 42.5 Å². The van der Waals surface area contributed by atoms with Crippen LogP contribution < -0.4 is 10.1 Å². The van der Waals surface area contributed by atoms with Crippen LogP contribution in [-0.2, 0) is 4.79 Å². The molecule has 0 unspecified atom stereocenters. The van der Waals surface area contributed by atoms with Gasteiger partial charge in [0.05, 0.1) is 6.04 Å². The molecular weight excluding hydrogens is 302 g/mol. The van der Waals surface area contributed by atoms with E-state index in [1.54, 1.807) is 24.3 Å². The molecule has 0 bridgehead atoms. The molecule has 2 aromatic rings. The summed E-state index contributed by atoms with van der Waals surface area (Å²) in [6, 6.07) is 12.8. The molecule has 126 valence electrons. The van der Waals surface area contributed by atoms with Crippen molar-refractivity contribution >= 4 is 11.7 Å². The van der Waals surface area contributed by atoms with E-state index in [-0.39, 0.29) is 24.3 Å². The molecular formula is C20H23NO3. The summed E-state index contributed by atoms with van der Waals surface area (Å²) >= 11 is 0. The van der Waals surface area contributed by atoms with E-state index in [0.29, 0.717) is 11.3 Å². The second-order valence-electron chi connectivity index (χ2n) is 6.00. The van der Waals surface area contributed by atoms with Gasteiger partial charge >= 0.3 is 0 Å². The first kappa shape index (κ1) is 17.7. The van der Waals surface area contributed by atoms with Gasteiger partial charge in [-0.3, -0.25) is 9.59 Å². The van der Waals surface area contributed by atoms with Crippen LogP contribution in [-0.4, -0.2) is 18.3 Å². The number of carbonyl (C=O) groups excluding carboxylic acids is 2. The molecule has 0 spiro atoms. The topological polar surface area (TPSA) is 55.4 Å². The molecule has 0 radical (unpaired) electrons. The van der Waals surface area contributed by atoms with Gasteiger partial charge in [0.15, 0.2) is 12.4 Å². The lowest BCUT2D eigenvalue weighted by atomic mass is 10.0. The smallest absolute Gasteiger partial charge is 0.258 e. The molecule has 1 amide bonds. The van der Waals surface area contributed by atoms with Crippen LogP contribution in [0.3, 0.4) is 0 Å². The molecule has 0 aliphatic carbocycles. The zero-order valence-electron chi connectivity index (χ0n) is 14.6. The summed E-state index contributed by atoms with van der Waals surface area (Å²) in [7, 11) is 0. The fraction of sp³-hybridized carbons (Fsp3) is 0.300. The first-order valence-electron chi connectivity index (χ1n) is 7.97. The number of carbonyl (C=O) groups is 2. The van der Waals surface area contributed by atoms with Crippen LogP contribution in [0.1, 0.15) is 46.9 Å². The van der Waals surface area contributed by atoms with Crippen LogP contribution in [0.4, 0.5) is 0 Å². The number of Topliss-reactive ketones (excluding diaryl/α,β-unsaturated/α-hetero) is 1. The average Bonchev–Trinajstić information content (AvgIpc) is 2.55. The van der Waals surface area contributed by atoms with Crippen molar-refractivity contribution in [1.82, 2.24) is 5.32 Å². The third kappa shape index (κ3) is 4.69. The normalized spacial score (nSPS) is 11.7. The van der Waals surface area contributed by atoms with Crippen LogP contribution >= 0.6 is 0 Å². The number of rotatable bonds is 6. The number of hydrogen-bond acceptors (Lipinski definition) is 3. The highest BCUT2D eigenvalue weighted by atomic mass is 16.5. The van der Waals surface area contributed by atoms with Crippen molar-refractivity contribution in [1.29, 1.82) is 0 Å². The molecule has 0 aromatic heterocycles. The Bertz CT molecular complexity index is 735. The molecule has 24 heavy (non-hydrogen) atoms. The highest BCUT2D eigenvalue weighted by Gasteiger charge is 2.11. The lowest BCUT2D eigenvalue weighted by Crippen LogP contribution is -2.31. The number of aryl methyl sites for hydroxylation is 2. The average molecular weight is 325 g/mol. The van der Waals surface area contributed by atoms with Gasteiger partial charge in [-0.15, -0.1) is 0 Å².